The number of halogens is 1. The highest BCUT2D eigenvalue weighted by Gasteiger charge is 2.13. The van der Waals surface area contributed by atoms with Crippen LogP contribution in [0.4, 0.5) is 0 Å². The Balaban J connectivity index is 1.87. The summed E-state index contributed by atoms with van der Waals surface area (Å²) in [5, 5.41) is 3.42. The second kappa shape index (κ2) is 8.36. The normalized spacial score (nSPS) is 11.5. The minimum absolute atomic E-state index is 0.133. The Morgan fingerprint density at radius 2 is 1.79 bits per heavy atom. The van der Waals surface area contributed by atoms with Crippen molar-refractivity contribution < 1.29 is 19.1 Å². The topological polar surface area (TPSA) is 64.6 Å². The van der Waals surface area contributed by atoms with Crippen molar-refractivity contribution in [2.24, 2.45) is 0 Å². The highest BCUT2D eigenvalue weighted by molar-refractivity contribution is 6.31. The quantitative estimate of drug-likeness (QED) is 0.813. The van der Waals surface area contributed by atoms with Gasteiger partial charge in [-0.3, -0.25) is 4.79 Å². The van der Waals surface area contributed by atoms with Gasteiger partial charge in [0.15, 0.2) is 6.61 Å². The number of hydrogen-bond acceptors (Lipinski definition) is 4. The van der Waals surface area contributed by atoms with Crippen LogP contribution in [-0.2, 0) is 9.53 Å². The van der Waals surface area contributed by atoms with Crippen LogP contribution in [0, 0.1) is 0 Å². The van der Waals surface area contributed by atoms with Gasteiger partial charge in [-0.1, -0.05) is 29.8 Å². The van der Waals surface area contributed by atoms with Crippen LogP contribution >= 0.6 is 11.6 Å². The summed E-state index contributed by atoms with van der Waals surface area (Å²) in [6.07, 6.45) is 0. The molecule has 0 aliphatic carbocycles. The van der Waals surface area contributed by atoms with Gasteiger partial charge >= 0.3 is 5.97 Å². The lowest BCUT2D eigenvalue weighted by molar-refractivity contribution is -0.123. The third-order valence-electron chi connectivity index (χ3n) is 3.39. The van der Waals surface area contributed by atoms with E-state index < -0.39 is 5.97 Å². The van der Waals surface area contributed by atoms with E-state index >= 15 is 0 Å². The molecule has 5 nitrogen and oxygen atoms in total. The molecule has 0 aliphatic heterocycles. The molecule has 0 aliphatic rings. The Morgan fingerprint density at radius 1 is 1.12 bits per heavy atom. The number of carbonyl (C=O) groups excluding carboxylic acids is 2. The molecule has 0 heterocycles. The van der Waals surface area contributed by atoms with Crippen molar-refractivity contribution in [3.8, 4) is 5.75 Å². The van der Waals surface area contributed by atoms with Gasteiger partial charge in [0.2, 0.25) is 0 Å². The van der Waals surface area contributed by atoms with Crippen molar-refractivity contribution >= 4 is 23.5 Å². The fraction of sp³-hybridized carbons (Fsp3) is 0.222. The first-order valence-corrected chi connectivity index (χ1v) is 7.74. The van der Waals surface area contributed by atoms with Gasteiger partial charge in [-0.2, -0.15) is 0 Å². The van der Waals surface area contributed by atoms with Gasteiger partial charge in [0.05, 0.1) is 18.7 Å². The van der Waals surface area contributed by atoms with Crippen LogP contribution in [0.25, 0.3) is 0 Å². The summed E-state index contributed by atoms with van der Waals surface area (Å²) in [7, 11) is 1.32. The van der Waals surface area contributed by atoms with Crippen LogP contribution in [0.15, 0.2) is 48.5 Å². The standard InChI is InChI=1S/C18H18ClNO4/c1-12(15-5-3-4-6-16(15)19)20-17(21)11-24-14-9-7-13(8-10-14)18(22)23-2/h3-10,12H,11H2,1-2H3,(H,20,21). The maximum atomic E-state index is 12.0. The molecule has 0 saturated carbocycles. The molecule has 2 rings (SSSR count). The lowest BCUT2D eigenvalue weighted by Crippen LogP contribution is -2.31. The van der Waals surface area contributed by atoms with Crippen LogP contribution in [0.2, 0.25) is 5.02 Å². The number of benzene rings is 2. The summed E-state index contributed by atoms with van der Waals surface area (Å²) in [5.41, 5.74) is 1.26. The van der Waals surface area contributed by atoms with E-state index in [1.54, 1.807) is 30.3 Å². The van der Waals surface area contributed by atoms with Crippen molar-refractivity contribution in [1.82, 2.24) is 5.32 Å². The average Bonchev–Trinajstić information content (AvgIpc) is 2.60. The van der Waals surface area contributed by atoms with Gasteiger partial charge in [-0.25, -0.2) is 4.79 Å². The van der Waals surface area contributed by atoms with E-state index in [2.05, 4.69) is 10.1 Å². The zero-order valence-electron chi connectivity index (χ0n) is 13.4. The second-order valence-electron chi connectivity index (χ2n) is 5.12. The molecule has 0 aromatic heterocycles. The molecule has 126 valence electrons. The second-order valence-corrected chi connectivity index (χ2v) is 5.52. The number of ether oxygens (including phenoxy) is 2. The Kier molecular flexibility index (Phi) is 6.21. The van der Waals surface area contributed by atoms with E-state index in [-0.39, 0.29) is 18.6 Å². The first kappa shape index (κ1) is 17.8. The minimum Gasteiger partial charge on any atom is -0.484 e. The van der Waals surface area contributed by atoms with Crippen LogP contribution in [-0.4, -0.2) is 25.6 Å². The first-order valence-electron chi connectivity index (χ1n) is 7.36. The zero-order chi connectivity index (χ0) is 17.5. The van der Waals surface area contributed by atoms with Crippen molar-refractivity contribution in [2.75, 3.05) is 13.7 Å². The van der Waals surface area contributed by atoms with Gasteiger partial charge < -0.3 is 14.8 Å². The molecule has 1 atom stereocenters. The number of amides is 1. The molecule has 2 aromatic rings. The average molecular weight is 348 g/mol. The molecule has 1 amide bonds. The Bertz CT molecular complexity index is 715. The van der Waals surface area contributed by atoms with E-state index in [0.29, 0.717) is 16.3 Å². The van der Waals surface area contributed by atoms with Crippen molar-refractivity contribution in [3.05, 3.63) is 64.7 Å². The smallest absolute Gasteiger partial charge is 0.337 e. The summed E-state index contributed by atoms with van der Waals surface area (Å²) in [6, 6.07) is 13.5. The minimum atomic E-state index is -0.423. The predicted molar refractivity (Wildman–Crippen MR) is 91.3 cm³/mol. The summed E-state index contributed by atoms with van der Waals surface area (Å²) < 4.78 is 10.0. The number of esters is 1. The number of nitrogens with one attached hydrogen (secondary N) is 1. The molecular formula is C18H18ClNO4. The number of hydrogen-bond donors (Lipinski definition) is 1. The van der Waals surface area contributed by atoms with Crippen LogP contribution in [0.3, 0.4) is 0 Å². The van der Waals surface area contributed by atoms with E-state index in [9.17, 15) is 9.59 Å². The molecule has 0 spiro atoms. The van der Waals surface area contributed by atoms with E-state index in [1.165, 1.54) is 7.11 Å². The molecule has 24 heavy (non-hydrogen) atoms. The molecular weight excluding hydrogens is 330 g/mol. The Labute approximate surface area is 145 Å². The molecule has 0 saturated heterocycles. The van der Waals surface area contributed by atoms with Gasteiger partial charge in [-0.05, 0) is 42.8 Å². The maximum absolute atomic E-state index is 12.0. The van der Waals surface area contributed by atoms with Crippen molar-refractivity contribution in [3.63, 3.8) is 0 Å². The molecule has 1 unspecified atom stereocenters. The Hall–Kier alpha value is -2.53. The van der Waals surface area contributed by atoms with E-state index in [4.69, 9.17) is 16.3 Å². The zero-order valence-corrected chi connectivity index (χ0v) is 14.2. The van der Waals surface area contributed by atoms with Gasteiger partial charge in [0.1, 0.15) is 5.75 Å². The predicted octanol–water partition coefficient (Wildman–Crippen LogP) is 3.38. The third-order valence-corrected chi connectivity index (χ3v) is 3.74. The largest absolute Gasteiger partial charge is 0.484 e. The molecule has 0 bridgehead atoms. The van der Waals surface area contributed by atoms with Crippen LogP contribution in [0.5, 0.6) is 5.75 Å². The van der Waals surface area contributed by atoms with Crippen LogP contribution in [0.1, 0.15) is 28.9 Å². The van der Waals surface area contributed by atoms with Crippen molar-refractivity contribution in [2.45, 2.75) is 13.0 Å². The fourth-order valence-corrected chi connectivity index (χ4v) is 2.44. The Morgan fingerprint density at radius 3 is 2.42 bits per heavy atom. The molecule has 1 N–H and O–H groups in total. The number of rotatable bonds is 6. The third kappa shape index (κ3) is 4.73. The molecule has 6 heteroatoms. The van der Waals surface area contributed by atoms with E-state index in [1.807, 2.05) is 25.1 Å². The SMILES string of the molecule is COC(=O)c1ccc(OCC(=O)NC(C)c2ccccc2Cl)cc1. The molecule has 2 aromatic carbocycles. The highest BCUT2D eigenvalue weighted by atomic mass is 35.5. The van der Waals surface area contributed by atoms with Gasteiger partial charge in [-0.15, -0.1) is 0 Å². The lowest BCUT2D eigenvalue weighted by Gasteiger charge is -2.16. The monoisotopic (exact) mass is 347 g/mol. The van der Waals surface area contributed by atoms with Gasteiger partial charge in [0.25, 0.3) is 5.91 Å². The van der Waals surface area contributed by atoms with Crippen molar-refractivity contribution in [1.29, 1.82) is 0 Å². The van der Waals surface area contributed by atoms with E-state index in [0.717, 1.165) is 5.56 Å². The molecule has 0 fully saturated rings. The number of methoxy groups -OCH3 is 1. The maximum Gasteiger partial charge on any atom is 0.337 e. The summed E-state index contributed by atoms with van der Waals surface area (Å²) >= 11 is 6.11. The summed E-state index contributed by atoms with van der Waals surface area (Å²) in [5.74, 6) is -0.199. The van der Waals surface area contributed by atoms with Gasteiger partial charge in [0, 0.05) is 5.02 Å². The summed E-state index contributed by atoms with van der Waals surface area (Å²) in [4.78, 5) is 23.3. The van der Waals surface area contributed by atoms with Crippen LogP contribution < -0.4 is 10.1 Å². The summed E-state index contributed by atoms with van der Waals surface area (Å²) in [6.45, 7) is 1.72. The first-order chi connectivity index (χ1) is 11.5. The fourth-order valence-electron chi connectivity index (χ4n) is 2.14. The highest BCUT2D eigenvalue weighted by Crippen LogP contribution is 2.22. The number of carbonyl (C=O) groups is 2. The molecule has 0 radical (unpaired) electrons. The lowest BCUT2D eigenvalue weighted by atomic mass is 10.1.